The predicted octanol–water partition coefficient (Wildman–Crippen LogP) is 3.77. The molecule has 0 fully saturated rings. The molecule has 162 valence electrons. The van der Waals surface area contributed by atoms with E-state index in [0.717, 1.165) is 0 Å². The summed E-state index contributed by atoms with van der Waals surface area (Å²) in [5.41, 5.74) is 1.39. The van der Waals surface area contributed by atoms with Crippen LogP contribution >= 0.6 is 0 Å². The molecule has 31 heavy (non-hydrogen) atoms. The molecule has 7 heteroatoms. The van der Waals surface area contributed by atoms with Crippen molar-refractivity contribution >= 4 is 18.1 Å². The molecule has 0 aromatic heterocycles. The van der Waals surface area contributed by atoms with E-state index >= 15 is 0 Å². The summed E-state index contributed by atoms with van der Waals surface area (Å²) in [6, 6.07) is 15.6. The zero-order valence-corrected chi connectivity index (χ0v) is 17.6. The molecule has 0 spiro atoms. The molecule has 1 atom stereocenters. The maximum absolute atomic E-state index is 12.5. The number of esters is 2. The van der Waals surface area contributed by atoms with Crippen LogP contribution in [0.25, 0.3) is 0 Å². The van der Waals surface area contributed by atoms with Crippen molar-refractivity contribution in [2.75, 3.05) is 20.3 Å². The third kappa shape index (κ3) is 6.61. The molecule has 0 saturated carbocycles. The Hall–Kier alpha value is -3.79. The lowest BCUT2D eigenvalue weighted by molar-refractivity contribution is -0.156. The maximum atomic E-state index is 12.5. The summed E-state index contributed by atoms with van der Waals surface area (Å²) in [6.07, 6.45) is -1.79. The Bertz CT molecular complexity index is 939. The molecular weight excluding hydrogens is 400 g/mol. The van der Waals surface area contributed by atoms with Gasteiger partial charge < -0.3 is 18.9 Å². The van der Waals surface area contributed by atoms with E-state index < -0.39 is 30.1 Å². The van der Waals surface area contributed by atoms with Crippen molar-refractivity contribution in [2.45, 2.75) is 25.9 Å². The molecule has 0 amide bonds. The molecule has 0 aliphatic rings. The van der Waals surface area contributed by atoms with E-state index in [1.807, 2.05) is 6.07 Å². The Morgan fingerprint density at radius 3 is 2.03 bits per heavy atom. The quantitative estimate of drug-likeness (QED) is 0.289. The second-order valence-corrected chi connectivity index (χ2v) is 6.16. The molecule has 0 saturated heterocycles. The summed E-state index contributed by atoms with van der Waals surface area (Å²) >= 11 is 0. The van der Waals surface area contributed by atoms with Crippen LogP contribution in [0.4, 0.5) is 4.79 Å². The van der Waals surface area contributed by atoms with Crippen LogP contribution in [0.2, 0.25) is 0 Å². The fraction of sp³-hybridized carbons (Fsp3) is 0.292. The van der Waals surface area contributed by atoms with Gasteiger partial charge in [-0.3, -0.25) is 9.59 Å². The monoisotopic (exact) mass is 424 g/mol. The van der Waals surface area contributed by atoms with Crippen LogP contribution in [0, 0.1) is 11.8 Å². The molecule has 0 heterocycles. The van der Waals surface area contributed by atoms with Crippen molar-refractivity contribution in [3.8, 4) is 11.8 Å². The normalized spacial score (nSPS) is 11.0. The maximum Gasteiger partial charge on any atom is 0.509 e. The van der Waals surface area contributed by atoms with Gasteiger partial charge in [0.2, 0.25) is 0 Å². The van der Waals surface area contributed by atoms with Gasteiger partial charge in [0.15, 0.2) is 12.0 Å². The molecular formula is C24H24O7. The second kappa shape index (κ2) is 12.0. The van der Waals surface area contributed by atoms with Crippen LogP contribution in [-0.4, -0.2) is 38.4 Å². The molecule has 0 bridgehead atoms. The first-order chi connectivity index (χ1) is 15.0. The van der Waals surface area contributed by atoms with Crippen LogP contribution in [0.15, 0.2) is 54.6 Å². The van der Waals surface area contributed by atoms with Gasteiger partial charge in [-0.05, 0) is 31.4 Å². The van der Waals surface area contributed by atoms with Gasteiger partial charge in [0, 0.05) is 11.1 Å². The van der Waals surface area contributed by atoms with Crippen molar-refractivity contribution < 1.29 is 33.3 Å². The lowest BCUT2D eigenvalue weighted by atomic mass is 9.94. The average Bonchev–Trinajstić information content (AvgIpc) is 2.78. The van der Waals surface area contributed by atoms with Crippen LogP contribution in [0.1, 0.15) is 42.6 Å². The van der Waals surface area contributed by atoms with E-state index in [9.17, 15) is 14.4 Å². The number of hydrogen-bond donors (Lipinski definition) is 0. The minimum absolute atomic E-state index is 0.117. The van der Waals surface area contributed by atoms with E-state index in [2.05, 4.69) is 16.6 Å². The van der Waals surface area contributed by atoms with Crippen molar-refractivity contribution in [1.82, 2.24) is 0 Å². The average molecular weight is 424 g/mol. The SMILES string of the molecule is CCOC(=O)C(C(=O)OCC)c1ccccc1C#CC(OC(=O)OC)c1ccccc1. The number of hydrogen-bond acceptors (Lipinski definition) is 7. The highest BCUT2D eigenvalue weighted by Crippen LogP contribution is 2.24. The summed E-state index contributed by atoms with van der Waals surface area (Å²) in [5, 5.41) is 0. The predicted molar refractivity (Wildman–Crippen MR) is 112 cm³/mol. The molecule has 0 aliphatic carbocycles. The Morgan fingerprint density at radius 2 is 1.45 bits per heavy atom. The molecule has 2 aromatic carbocycles. The number of benzene rings is 2. The Labute approximate surface area is 181 Å². The first kappa shape index (κ1) is 23.5. The Balaban J connectivity index is 2.48. The zero-order chi connectivity index (χ0) is 22.6. The molecule has 0 N–H and O–H groups in total. The highest BCUT2D eigenvalue weighted by atomic mass is 16.7. The number of methoxy groups -OCH3 is 1. The van der Waals surface area contributed by atoms with Crippen molar-refractivity contribution in [1.29, 1.82) is 0 Å². The summed E-state index contributed by atoms with van der Waals surface area (Å²) in [7, 11) is 1.20. The molecule has 0 radical (unpaired) electrons. The van der Waals surface area contributed by atoms with Crippen LogP contribution < -0.4 is 0 Å². The van der Waals surface area contributed by atoms with Gasteiger partial charge in [0.05, 0.1) is 20.3 Å². The van der Waals surface area contributed by atoms with Gasteiger partial charge in [-0.25, -0.2) is 4.79 Å². The van der Waals surface area contributed by atoms with Crippen molar-refractivity contribution in [3.05, 3.63) is 71.3 Å². The van der Waals surface area contributed by atoms with Gasteiger partial charge >= 0.3 is 18.1 Å². The molecule has 0 aliphatic heterocycles. The summed E-state index contributed by atoms with van der Waals surface area (Å²) in [6.45, 7) is 3.54. The fourth-order valence-corrected chi connectivity index (χ4v) is 2.76. The summed E-state index contributed by atoms with van der Waals surface area (Å²) in [5.74, 6) is 3.08. The Kier molecular flexibility index (Phi) is 9.12. The van der Waals surface area contributed by atoms with Crippen molar-refractivity contribution in [2.24, 2.45) is 0 Å². The molecule has 2 aromatic rings. The summed E-state index contributed by atoms with van der Waals surface area (Å²) < 4.78 is 20.0. The summed E-state index contributed by atoms with van der Waals surface area (Å²) in [4.78, 5) is 36.7. The van der Waals surface area contributed by atoms with E-state index in [-0.39, 0.29) is 13.2 Å². The third-order valence-electron chi connectivity index (χ3n) is 4.14. The first-order valence-corrected chi connectivity index (χ1v) is 9.75. The van der Waals surface area contributed by atoms with E-state index in [4.69, 9.17) is 14.2 Å². The van der Waals surface area contributed by atoms with E-state index in [1.165, 1.54) is 7.11 Å². The first-order valence-electron chi connectivity index (χ1n) is 9.75. The highest BCUT2D eigenvalue weighted by Gasteiger charge is 2.33. The highest BCUT2D eigenvalue weighted by molar-refractivity contribution is 6.01. The topological polar surface area (TPSA) is 88.1 Å². The molecule has 2 rings (SSSR count). The van der Waals surface area contributed by atoms with Gasteiger partial charge in [0.1, 0.15) is 0 Å². The second-order valence-electron chi connectivity index (χ2n) is 6.16. The standard InChI is InChI=1S/C24H24O7/c1-4-29-22(25)21(23(26)30-5-2)19-14-10-9-11-17(19)15-16-20(31-24(27)28-3)18-12-7-6-8-13-18/h6-14,20-21H,4-5H2,1-3H3. The zero-order valence-electron chi connectivity index (χ0n) is 17.6. The van der Waals surface area contributed by atoms with Crippen LogP contribution in [0.3, 0.4) is 0 Å². The number of rotatable bonds is 7. The number of carbonyl (C=O) groups is 3. The molecule has 1 unspecified atom stereocenters. The van der Waals surface area contributed by atoms with Gasteiger partial charge in [-0.1, -0.05) is 54.5 Å². The minimum atomic E-state index is -1.28. The van der Waals surface area contributed by atoms with E-state index in [0.29, 0.717) is 16.7 Å². The van der Waals surface area contributed by atoms with E-state index in [1.54, 1.807) is 62.4 Å². The van der Waals surface area contributed by atoms with Gasteiger partial charge in [0.25, 0.3) is 0 Å². The number of ether oxygens (including phenoxy) is 4. The largest absolute Gasteiger partial charge is 0.509 e. The van der Waals surface area contributed by atoms with Crippen LogP contribution in [0.5, 0.6) is 0 Å². The Morgan fingerprint density at radius 1 is 0.871 bits per heavy atom. The number of carbonyl (C=O) groups excluding carboxylic acids is 3. The molecule has 7 nitrogen and oxygen atoms in total. The van der Waals surface area contributed by atoms with Gasteiger partial charge in [-0.2, -0.15) is 0 Å². The lowest BCUT2D eigenvalue weighted by Crippen LogP contribution is -2.27. The van der Waals surface area contributed by atoms with Crippen molar-refractivity contribution in [3.63, 3.8) is 0 Å². The van der Waals surface area contributed by atoms with Gasteiger partial charge in [-0.15, -0.1) is 0 Å². The lowest BCUT2D eigenvalue weighted by Gasteiger charge is -2.16. The minimum Gasteiger partial charge on any atom is -0.465 e. The third-order valence-corrected chi connectivity index (χ3v) is 4.14. The van der Waals surface area contributed by atoms with Crippen LogP contribution in [-0.2, 0) is 28.5 Å². The smallest absolute Gasteiger partial charge is 0.465 e. The fourth-order valence-electron chi connectivity index (χ4n) is 2.76.